The van der Waals surface area contributed by atoms with E-state index >= 15 is 0 Å². The summed E-state index contributed by atoms with van der Waals surface area (Å²) in [5.74, 6) is 0.155. The smallest absolute Gasteiger partial charge is 0.336 e. The third-order valence-electron chi connectivity index (χ3n) is 2.37. The largest absolute Gasteiger partial charge is 0.385 e. The zero-order valence-electron chi connectivity index (χ0n) is 8.75. The molecule has 0 fully saturated rings. The predicted octanol–water partition coefficient (Wildman–Crippen LogP) is 0.118. The molecule has 0 aliphatic heterocycles. The number of para-hydroxylation sites is 1. The molecule has 2 aromatic rings. The van der Waals surface area contributed by atoms with Crippen LogP contribution in [0.15, 0.2) is 46.0 Å². The van der Waals surface area contributed by atoms with E-state index in [1.54, 1.807) is 24.3 Å². The number of benzene rings is 1. The van der Waals surface area contributed by atoms with Crippen molar-refractivity contribution in [1.82, 2.24) is 9.13 Å². The second kappa shape index (κ2) is 3.69. The molecule has 82 valence electrons. The van der Waals surface area contributed by atoms with Gasteiger partial charge < -0.3 is 5.73 Å². The van der Waals surface area contributed by atoms with Crippen LogP contribution in [-0.2, 0) is 7.05 Å². The van der Waals surface area contributed by atoms with E-state index in [0.29, 0.717) is 5.69 Å². The first kappa shape index (κ1) is 10.2. The highest BCUT2D eigenvalue weighted by Crippen LogP contribution is 2.01. The summed E-state index contributed by atoms with van der Waals surface area (Å²) < 4.78 is 2.31. The molecule has 1 heterocycles. The normalized spacial score (nSPS) is 10.3. The first-order valence-electron chi connectivity index (χ1n) is 4.75. The maximum atomic E-state index is 11.9. The fraction of sp³-hybridized carbons (Fsp3) is 0.0909. The minimum atomic E-state index is -0.448. The summed E-state index contributed by atoms with van der Waals surface area (Å²) in [4.78, 5) is 23.5. The molecule has 0 amide bonds. The topological polar surface area (TPSA) is 70.0 Å². The van der Waals surface area contributed by atoms with Gasteiger partial charge in [0.15, 0.2) is 0 Å². The Bertz CT molecular complexity index is 626. The second-order valence-electron chi connectivity index (χ2n) is 3.42. The van der Waals surface area contributed by atoms with Crippen LogP contribution in [0.4, 0.5) is 5.82 Å². The van der Waals surface area contributed by atoms with Crippen LogP contribution < -0.4 is 17.0 Å². The molecule has 0 unspecified atom stereocenters. The number of nitrogens with zero attached hydrogens (tertiary/aromatic N) is 2. The molecule has 1 aromatic heterocycles. The minimum Gasteiger partial charge on any atom is -0.385 e. The van der Waals surface area contributed by atoms with Crippen LogP contribution in [-0.4, -0.2) is 9.13 Å². The Morgan fingerprint density at radius 3 is 2.38 bits per heavy atom. The molecule has 5 heteroatoms. The zero-order chi connectivity index (χ0) is 11.7. The molecular weight excluding hydrogens is 206 g/mol. The molecule has 0 saturated heterocycles. The lowest BCUT2D eigenvalue weighted by Crippen LogP contribution is -2.38. The van der Waals surface area contributed by atoms with Crippen LogP contribution in [0.1, 0.15) is 0 Å². The van der Waals surface area contributed by atoms with Crippen molar-refractivity contribution in [1.29, 1.82) is 0 Å². The van der Waals surface area contributed by atoms with Crippen LogP contribution in [0.3, 0.4) is 0 Å². The number of hydrogen-bond acceptors (Lipinski definition) is 3. The monoisotopic (exact) mass is 217 g/mol. The Morgan fingerprint density at radius 2 is 1.75 bits per heavy atom. The van der Waals surface area contributed by atoms with Gasteiger partial charge in [-0.25, -0.2) is 9.36 Å². The molecule has 0 radical (unpaired) electrons. The zero-order valence-corrected chi connectivity index (χ0v) is 8.75. The number of rotatable bonds is 1. The number of anilines is 1. The number of hydrogen-bond donors (Lipinski definition) is 1. The Balaban J connectivity index is 2.82. The predicted molar refractivity (Wildman–Crippen MR) is 61.7 cm³/mol. The van der Waals surface area contributed by atoms with Crippen molar-refractivity contribution in [3.05, 3.63) is 57.2 Å². The van der Waals surface area contributed by atoms with E-state index in [2.05, 4.69) is 0 Å². The molecule has 0 aliphatic carbocycles. The van der Waals surface area contributed by atoms with Gasteiger partial charge >= 0.3 is 5.69 Å². The van der Waals surface area contributed by atoms with E-state index in [1.807, 2.05) is 6.07 Å². The lowest BCUT2D eigenvalue weighted by Gasteiger charge is -2.08. The van der Waals surface area contributed by atoms with Crippen molar-refractivity contribution >= 4 is 5.82 Å². The fourth-order valence-electron chi connectivity index (χ4n) is 1.46. The summed E-state index contributed by atoms with van der Waals surface area (Å²) in [6.07, 6.45) is 0. The molecule has 16 heavy (non-hydrogen) atoms. The highest BCUT2D eigenvalue weighted by Gasteiger charge is 2.07. The fourth-order valence-corrected chi connectivity index (χ4v) is 1.46. The third kappa shape index (κ3) is 1.52. The van der Waals surface area contributed by atoms with Gasteiger partial charge in [-0.1, -0.05) is 18.2 Å². The summed E-state index contributed by atoms with van der Waals surface area (Å²) in [7, 11) is 1.52. The highest BCUT2D eigenvalue weighted by molar-refractivity contribution is 5.34. The van der Waals surface area contributed by atoms with Crippen molar-refractivity contribution in [3.63, 3.8) is 0 Å². The van der Waals surface area contributed by atoms with E-state index in [4.69, 9.17) is 5.73 Å². The first-order valence-corrected chi connectivity index (χ1v) is 4.75. The molecule has 0 bridgehead atoms. The van der Waals surface area contributed by atoms with Gasteiger partial charge in [0.1, 0.15) is 5.82 Å². The summed E-state index contributed by atoms with van der Waals surface area (Å²) in [5, 5.41) is 0. The standard InChI is InChI=1S/C11H11N3O2/c1-13-9(12)7-10(15)14(11(13)16)8-5-3-2-4-6-8/h2-7H,12H2,1H3. The van der Waals surface area contributed by atoms with Crippen LogP contribution in [0.5, 0.6) is 0 Å². The van der Waals surface area contributed by atoms with E-state index in [1.165, 1.54) is 17.7 Å². The quantitative estimate of drug-likeness (QED) is 0.737. The van der Waals surface area contributed by atoms with Crippen LogP contribution >= 0.6 is 0 Å². The van der Waals surface area contributed by atoms with E-state index in [9.17, 15) is 9.59 Å². The number of nitrogens with two attached hydrogens (primary N) is 1. The first-order chi connectivity index (χ1) is 7.61. The Labute approximate surface area is 91.4 Å². The average Bonchev–Trinajstić information content (AvgIpc) is 2.28. The lowest BCUT2D eigenvalue weighted by atomic mass is 10.3. The molecule has 1 aromatic carbocycles. The van der Waals surface area contributed by atoms with Crippen molar-refractivity contribution in [2.24, 2.45) is 7.05 Å². The minimum absolute atomic E-state index is 0.155. The molecule has 0 saturated carbocycles. The van der Waals surface area contributed by atoms with Gasteiger partial charge in [-0.15, -0.1) is 0 Å². The molecule has 0 aliphatic rings. The third-order valence-corrected chi connectivity index (χ3v) is 2.37. The Hall–Kier alpha value is -2.30. The maximum Gasteiger partial charge on any atom is 0.336 e. The molecule has 2 N–H and O–H groups in total. The molecule has 0 spiro atoms. The Kier molecular flexibility index (Phi) is 2.36. The summed E-state index contributed by atoms with van der Waals surface area (Å²) in [6, 6.07) is 9.96. The van der Waals surface area contributed by atoms with Gasteiger partial charge in [0.25, 0.3) is 5.56 Å². The van der Waals surface area contributed by atoms with Gasteiger partial charge in [-0.2, -0.15) is 0 Å². The van der Waals surface area contributed by atoms with Crippen molar-refractivity contribution < 1.29 is 0 Å². The summed E-state index contributed by atoms with van der Waals surface area (Å²) >= 11 is 0. The van der Waals surface area contributed by atoms with Crippen LogP contribution in [0.2, 0.25) is 0 Å². The second-order valence-corrected chi connectivity index (χ2v) is 3.42. The molecule has 0 atom stereocenters. The molecular formula is C11H11N3O2. The summed E-state index contributed by atoms with van der Waals surface area (Å²) in [6.45, 7) is 0. The van der Waals surface area contributed by atoms with Gasteiger partial charge in [0.05, 0.1) is 5.69 Å². The molecule has 2 rings (SSSR count). The van der Waals surface area contributed by atoms with Crippen molar-refractivity contribution in [2.75, 3.05) is 5.73 Å². The van der Waals surface area contributed by atoms with Crippen molar-refractivity contribution in [3.8, 4) is 5.69 Å². The van der Waals surface area contributed by atoms with Gasteiger partial charge in [0.2, 0.25) is 0 Å². The van der Waals surface area contributed by atoms with Gasteiger partial charge in [0, 0.05) is 13.1 Å². The van der Waals surface area contributed by atoms with E-state index in [-0.39, 0.29) is 5.82 Å². The number of aromatic nitrogens is 2. The van der Waals surface area contributed by atoms with Gasteiger partial charge in [-0.3, -0.25) is 9.36 Å². The maximum absolute atomic E-state index is 11.9. The molecule has 5 nitrogen and oxygen atoms in total. The average molecular weight is 217 g/mol. The van der Waals surface area contributed by atoms with Gasteiger partial charge in [-0.05, 0) is 12.1 Å². The van der Waals surface area contributed by atoms with E-state index < -0.39 is 11.2 Å². The van der Waals surface area contributed by atoms with Crippen molar-refractivity contribution in [2.45, 2.75) is 0 Å². The SMILES string of the molecule is Cn1c(N)cc(=O)n(-c2ccccc2)c1=O. The van der Waals surface area contributed by atoms with Crippen LogP contribution in [0, 0.1) is 0 Å². The number of nitrogen functional groups attached to an aromatic ring is 1. The van der Waals surface area contributed by atoms with Crippen LogP contribution in [0.25, 0.3) is 5.69 Å². The summed E-state index contributed by atoms with van der Waals surface area (Å²) in [5.41, 5.74) is 5.18. The van der Waals surface area contributed by atoms with E-state index in [0.717, 1.165) is 4.57 Å². The highest BCUT2D eigenvalue weighted by atomic mass is 16.2. The Morgan fingerprint density at radius 1 is 1.12 bits per heavy atom. The lowest BCUT2D eigenvalue weighted by molar-refractivity contribution is 0.749.